The number of rotatable bonds is 7. The number of carboxylic acid groups (broad SMARTS) is 1. The number of carboxylic acids is 1. The van der Waals surface area contributed by atoms with Crippen molar-refractivity contribution in [1.82, 2.24) is 0 Å². The van der Waals surface area contributed by atoms with Gasteiger partial charge in [-0.05, 0) is 29.9 Å². The zero-order chi connectivity index (χ0) is 12.7. The van der Waals surface area contributed by atoms with Gasteiger partial charge in [-0.2, -0.15) is 11.8 Å². The first kappa shape index (κ1) is 13.9. The van der Waals surface area contributed by atoms with Gasteiger partial charge in [-0.15, -0.1) is 0 Å². The monoisotopic (exact) mass is 254 g/mol. The molecular weight excluding hydrogens is 236 g/mol. The third kappa shape index (κ3) is 5.63. The van der Waals surface area contributed by atoms with Crippen molar-refractivity contribution in [2.75, 3.05) is 18.1 Å². The fourth-order valence-electron chi connectivity index (χ4n) is 1.26. The summed E-state index contributed by atoms with van der Waals surface area (Å²) in [6, 6.07) is 6.58. The highest BCUT2D eigenvalue weighted by Gasteiger charge is 2.03. The van der Waals surface area contributed by atoms with Crippen LogP contribution in [0.25, 0.3) is 0 Å². The van der Waals surface area contributed by atoms with Gasteiger partial charge in [0.15, 0.2) is 0 Å². The molecule has 0 aromatic heterocycles. The van der Waals surface area contributed by atoms with Gasteiger partial charge in [-0.1, -0.05) is 19.9 Å². The predicted molar refractivity (Wildman–Crippen MR) is 71.1 cm³/mol. The minimum atomic E-state index is -0.926. The van der Waals surface area contributed by atoms with E-state index in [9.17, 15) is 4.79 Å². The van der Waals surface area contributed by atoms with Gasteiger partial charge < -0.3 is 9.84 Å². The van der Waals surface area contributed by atoms with Crippen molar-refractivity contribution in [3.8, 4) is 5.75 Å². The average Bonchev–Trinajstić information content (AvgIpc) is 2.28. The van der Waals surface area contributed by atoms with Crippen molar-refractivity contribution in [3.63, 3.8) is 0 Å². The summed E-state index contributed by atoms with van der Waals surface area (Å²) in [7, 11) is 0. The van der Waals surface area contributed by atoms with Crippen molar-refractivity contribution in [1.29, 1.82) is 0 Å². The molecule has 0 unspecified atom stereocenters. The highest BCUT2D eigenvalue weighted by Crippen LogP contribution is 2.14. The second kappa shape index (κ2) is 7.22. The standard InChI is InChI=1S/C13H18O3S/c1-10(2)9-17-7-6-16-12-5-3-4-11(8-12)13(14)15/h3-5,8,10H,6-7,9H2,1-2H3,(H,14,15). The van der Waals surface area contributed by atoms with Crippen LogP contribution in [0.2, 0.25) is 0 Å². The minimum absolute atomic E-state index is 0.261. The Balaban J connectivity index is 2.31. The van der Waals surface area contributed by atoms with Crippen LogP contribution in [0.15, 0.2) is 24.3 Å². The molecule has 0 amide bonds. The lowest BCUT2D eigenvalue weighted by Crippen LogP contribution is -2.03. The van der Waals surface area contributed by atoms with Gasteiger partial charge in [0.25, 0.3) is 0 Å². The van der Waals surface area contributed by atoms with Gasteiger partial charge in [-0.3, -0.25) is 0 Å². The number of hydrogen-bond donors (Lipinski definition) is 1. The van der Waals surface area contributed by atoms with Crippen molar-refractivity contribution >= 4 is 17.7 Å². The molecule has 0 saturated carbocycles. The topological polar surface area (TPSA) is 46.5 Å². The van der Waals surface area contributed by atoms with E-state index in [1.54, 1.807) is 24.3 Å². The Hall–Kier alpha value is -1.16. The summed E-state index contributed by atoms with van der Waals surface area (Å²) in [5, 5.41) is 8.82. The van der Waals surface area contributed by atoms with Gasteiger partial charge in [0.2, 0.25) is 0 Å². The summed E-state index contributed by atoms with van der Waals surface area (Å²) in [5.74, 6) is 2.43. The molecule has 1 N–H and O–H groups in total. The SMILES string of the molecule is CC(C)CSCCOc1cccc(C(=O)O)c1. The summed E-state index contributed by atoms with van der Waals surface area (Å²) in [5.41, 5.74) is 0.261. The van der Waals surface area contributed by atoms with Gasteiger partial charge in [-0.25, -0.2) is 4.79 Å². The number of carbonyl (C=O) groups is 1. The first-order valence-corrected chi connectivity index (χ1v) is 6.79. The molecule has 1 rings (SSSR count). The van der Waals surface area contributed by atoms with Gasteiger partial charge in [0.1, 0.15) is 5.75 Å². The van der Waals surface area contributed by atoms with E-state index >= 15 is 0 Å². The van der Waals surface area contributed by atoms with Crippen molar-refractivity contribution in [2.45, 2.75) is 13.8 Å². The minimum Gasteiger partial charge on any atom is -0.493 e. The van der Waals surface area contributed by atoms with Crippen molar-refractivity contribution in [2.24, 2.45) is 5.92 Å². The molecule has 0 aliphatic heterocycles. The Kier molecular flexibility index (Phi) is 5.91. The summed E-state index contributed by atoms with van der Waals surface area (Å²) in [6.45, 7) is 4.98. The maximum atomic E-state index is 10.7. The third-order valence-corrected chi connectivity index (χ3v) is 3.39. The molecule has 0 aliphatic carbocycles. The molecular formula is C13H18O3S. The lowest BCUT2D eigenvalue weighted by Gasteiger charge is -2.07. The lowest BCUT2D eigenvalue weighted by molar-refractivity contribution is 0.0696. The molecule has 1 aromatic rings. The van der Waals surface area contributed by atoms with Crippen LogP contribution in [0.4, 0.5) is 0 Å². The number of ether oxygens (including phenoxy) is 1. The van der Waals surface area contributed by atoms with Crippen LogP contribution in [-0.4, -0.2) is 29.2 Å². The molecule has 1 aromatic carbocycles. The van der Waals surface area contributed by atoms with Crippen molar-refractivity contribution < 1.29 is 14.6 Å². The quantitative estimate of drug-likeness (QED) is 0.759. The number of thioether (sulfide) groups is 1. The first-order chi connectivity index (χ1) is 8.09. The smallest absolute Gasteiger partial charge is 0.335 e. The van der Waals surface area contributed by atoms with Crippen molar-refractivity contribution in [3.05, 3.63) is 29.8 Å². The Bertz CT molecular complexity index is 363. The predicted octanol–water partition coefficient (Wildman–Crippen LogP) is 3.15. The Morgan fingerprint density at radius 2 is 2.24 bits per heavy atom. The Morgan fingerprint density at radius 3 is 2.88 bits per heavy atom. The van der Waals surface area contributed by atoms with Crippen LogP contribution < -0.4 is 4.74 Å². The zero-order valence-corrected chi connectivity index (χ0v) is 11.0. The average molecular weight is 254 g/mol. The van der Waals surface area contributed by atoms with E-state index in [0.29, 0.717) is 18.3 Å². The Labute approximate surface area is 106 Å². The largest absolute Gasteiger partial charge is 0.493 e. The van der Waals surface area contributed by atoms with E-state index in [1.165, 1.54) is 0 Å². The Morgan fingerprint density at radius 1 is 1.47 bits per heavy atom. The molecule has 0 fully saturated rings. The molecule has 0 radical (unpaired) electrons. The molecule has 17 heavy (non-hydrogen) atoms. The van der Waals surface area contributed by atoms with Crippen LogP contribution in [0.3, 0.4) is 0 Å². The summed E-state index contributed by atoms with van der Waals surface area (Å²) < 4.78 is 5.49. The van der Waals surface area contributed by atoms with Crippen LogP contribution >= 0.6 is 11.8 Å². The van der Waals surface area contributed by atoms with E-state index in [-0.39, 0.29) is 5.56 Å². The fourth-order valence-corrected chi connectivity index (χ4v) is 2.10. The van der Waals surface area contributed by atoms with Crippen LogP contribution in [0.5, 0.6) is 5.75 Å². The molecule has 94 valence electrons. The van der Waals surface area contributed by atoms with E-state index in [0.717, 1.165) is 11.5 Å². The molecule has 0 bridgehead atoms. The van der Waals surface area contributed by atoms with E-state index in [1.807, 2.05) is 11.8 Å². The maximum absolute atomic E-state index is 10.7. The fraction of sp³-hybridized carbons (Fsp3) is 0.462. The highest BCUT2D eigenvalue weighted by molar-refractivity contribution is 7.99. The lowest BCUT2D eigenvalue weighted by atomic mass is 10.2. The highest BCUT2D eigenvalue weighted by atomic mass is 32.2. The van der Waals surface area contributed by atoms with E-state index < -0.39 is 5.97 Å². The first-order valence-electron chi connectivity index (χ1n) is 5.63. The van der Waals surface area contributed by atoms with Gasteiger partial charge >= 0.3 is 5.97 Å². The zero-order valence-electron chi connectivity index (χ0n) is 10.2. The molecule has 0 heterocycles. The van der Waals surface area contributed by atoms with Gasteiger partial charge in [0.05, 0.1) is 12.2 Å². The summed E-state index contributed by atoms with van der Waals surface area (Å²) in [4.78, 5) is 10.7. The van der Waals surface area contributed by atoms with Crippen LogP contribution in [0, 0.1) is 5.92 Å². The molecule has 0 saturated heterocycles. The number of hydrogen-bond acceptors (Lipinski definition) is 3. The molecule has 0 atom stereocenters. The van der Waals surface area contributed by atoms with Crippen LogP contribution in [0.1, 0.15) is 24.2 Å². The third-order valence-electron chi connectivity index (χ3n) is 2.03. The molecule has 4 heteroatoms. The van der Waals surface area contributed by atoms with E-state index in [2.05, 4.69) is 13.8 Å². The molecule has 0 aliphatic rings. The van der Waals surface area contributed by atoms with Crippen LogP contribution in [-0.2, 0) is 0 Å². The normalized spacial score (nSPS) is 10.5. The molecule has 0 spiro atoms. The number of aromatic carboxylic acids is 1. The molecule has 3 nitrogen and oxygen atoms in total. The second-order valence-electron chi connectivity index (χ2n) is 4.15. The second-order valence-corrected chi connectivity index (χ2v) is 5.30. The van der Waals surface area contributed by atoms with Gasteiger partial charge in [0, 0.05) is 5.75 Å². The number of benzene rings is 1. The maximum Gasteiger partial charge on any atom is 0.335 e. The summed E-state index contributed by atoms with van der Waals surface area (Å²) >= 11 is 1.85. The van der Waals surface area contributed by atoms with E-state index in [4.69, 9.17) is 9.84 Å². The summed E-state index contributed by atoms with van der Waals surface area (Å²) in [6.07, 6.45) is 0.